The smallest absolute Gasteiger partial charge is 0.228 e. The van der Waals surface area contributed by atoms with E-state index in [-0.39, 0.29) is 11.7 Å². The molecule has 1 atom stereocenters. The highest BCUT2D eigenvalue weighted by Crippen LogP contribution is 2.50. The summed E-state index contributed by atoms with van der Waals surface area (Å²) in [5.41, 5.74) is 4.25. The number of phenolic OH excluding ortho intramolecular Hbond substituents is 1. The van der Waals surface area contributed by atoms with Gasteiger partial charge in [0.15, 0.2) is 11.5 Å². The molecule has 0 aliphatic carbocycles. The third-order valence-corrected chi connectivity index (χ3v) is 7.38. The second kappa shape index (κ2) is 7.88. The van der Waals surface area contributed by atoms with Gasteiger partial charge in [-0.3, -0.25) is 0 Å². The highest BCUT2D eigenvalue weighted by Gasteiger charge is 2.34. The predicted octanol–water partition coefficient (Wildman–Crippen LogP) is 7.09. The number of aromatic hydroxyl groups is 1. The van der Waals surface area contributed by atoms with Crippen molar-refractivity contribution < 1.29 is 9.84 Å². The molecular formula is C32H20N4O2. The lowest BCUT2D eigenvalue weighted by Gasteiger charge is -2.29. The highest BCUT2D eigenvalue weighted by molar-refractivity contribution is 5.94. The van der Waals surface area contributed by atoms with Gasteiger partial charge in [0.25, 0.3) is 0 Å². The Morgan fingerprint density at radius 2 is 1.42 bits per heavy atom. The fourth-order valence-electron chi connectivity index (χ4n) is 5.63. The molecule has 0 spiro atoms. The summed E-state index contributed by atoms with van der Waals surface area (Å²) in [5.74, 6) is 1.72. The molecule has 0 saturated heterocycles. The van der Waals surface area contributed by atoms with Crippen LogP contribution in [0.15, 0.2) is 109 Å². The third kappa shape index (κ3) is 2.97. The van der Waals surface area contributed by atoms with Crippen molar-refractivity contribution in [2.75, 3.05) is 0 Å². The van der Waals surface area contributed by atoms with Gasteiger partial charge in [0.2, 0.25) is 5.88 Å². The van der Waals surface area contributed by atoms with Gasteiger partial charge in [0.05, 0.1) is 11.1 Å². The van der Waals surface area contributed by atoms with Gasteiger partial charge in [-0.2, -0.15) is 0 Å². The van der Waals surface area contributed by atoms with Crippen LogP contribution in [0, 0.1) is 0 Å². The Kier molecular flexibility index (Phi) is 4.34. The van der Waals surface area contributed by atoms with Gasteiger partial charge in [-0.25, -0.2) is 14.5 Å². The number of hydrogen-bond donors (Lipinski definition) is 1. The van der Waals surface area contributed by atoms with E-state index in [1.165, 1.54) is 0 Å². The number of phenols is 1. The number of nitrogens with zero attached hydrogens (tertiary/aromatic N) is 4. The van der Waals surface area contributed by atoms with Crippen LogP contribution in [0.2, 0.25) is 0 Å². The van der Waals surface area contributed by atoms with E-state index in [2.05, 4.69) is 41.4 Å². The van der Waals surface area contributed by atoms with Crippen LogP contribution in [0.4, 0.5) is 0 Å². The molecule has 0 amide bonds. The molecular weight excluding hydrogens is 472 g/mol. The minimum absolute atomic E-state index is 0.160. The maximum absolute atomic E-state index is 11.1. The van der Waals surface area contributed by atoms with Crippen molar-refractivity contribution in [3.8, 4) is 28.8 Å². The fourth-order valence-corrected chi connectivity index (χ4v) is 5.63. The average molecular weight is 493 g/mol. The van der Waals surface area contributed by atoms with E-state index >= 15 is 0 Å². The first-order chi connectivity index (χ1) is 18.8. The second-order valence-electron chi connectivity index (χ2n) is 9.49. The Balaban J connectivity index is 1.41. The molecule has 1 unspecified atom stereocenters. The first-order valence-electron chi connectivity index (χ1n) is 12.5. The minimum Gasteiger partial charge on any atom is -0.507 e. The number of rotatable bonds is 2. The molecule has 1 N–H and O–H groups in total. The van der Waals surface area contributed by atoms with E-state index < -0.39 is 0 Å². The zero-order valence-electron chi connectivity index (χ0n) is 20.1. The van der Waals surface area contributed by atoms with Crippen LogP contribution < -0.4 is 4.74 Å². The third-order valence-electron chi connectivity index (χ3n) is 7.38. The van der Waals surface area contributed by atoms with Crippen molar-refractivity contribution in [3.05, 3.63) is 126 Å². The number of aromatic nitrogens is 4. The number of hydrogen-bond acceptors (Lipinski definition) is 5. The monoisotopic (exact) mass is 492 g/mol. The minimum atomic E-state index is -0.167. The maximum Gasteiger partial charge on any atom is 0.228 e. The van der Waals surface area contributed by atoms with Crippen LogP contribution in [-0.4, -0.2) is 24.7 Å². The second-order valence-corrected chi connectivity index (χ2v) is 9.49. The van der Waals surface area contributed by atoms with Crippen LogP contribution >= 0.6 is 0 Å². The molecule has 8 rings (SSSR count). The van der Waals surface area contributed by atoms with E-state index in [1.807, 2.05) is 66.7 Å². The molecule has 180 valence electrons. The Hall–Kier alpha value is -5.23. The topological polar surface area (TPSA) is 72.5 Å². The molecule has 0 saturated carbocycles. The molecule has 2 aromatic heterocycles. The lowest BCUT2D eigenvalue weighted by Crippen LogP contribution is -2.15. The predicted molar refractivity (Wildman–Crippen MR) is 147 cm³/mol. The molecule has 38 heavy (non-hydrogen) atoms. The summed E-state index contributed by atoms with van der Waals surface area (Å²) in [4.78, 5) is 9.62. The Bertz CT molecular complexity index is 2030. The van der Waals surface area contributed by atoms with Gasteiger partial charge in [-0.15, -0.1) is 5.10 Å². The summed E-state index contributed by atoms with van der Waals surface area (Å²) in [5, 5.41) is 19.8. The summed E-state index contributed by atoms with van der Waals surface area (Å²) >= 11 is 0. The summed E-state index contributed by atoms with van der Waals surface area (Å²) in [7, 11) is 0. The molecule has 7 aromatic rings. The van der Waals surface area contributed by atoms with Crippen LogP contribution in [0.5, 0.6) is 17.4 Å². The van der Waals surface area contributed by atoms with Gasteiger partial charge >= 0.3 is 0 Å². The highest BCUT2D eigenvalue weighted by atomic mass is 16.5. The summed E-state index contributed by atoms with van der Waals surface area (Å²) < 4.78 is 8.08. The summed E-state index contributed by atoms with van der Waals surface area (Å²) in [6, 6.07) is 34.4. The van der Waals surface area contributed by atoms with Crippen molar-refractivity contribution in [3.63, 3.8) is 0 Å². The van der Waals surface area contributed by atoms with Crippen molar-refractivity contribution >= 4 is 27.2 Å². The van der Waals surface area contributed by atoms with Gasteiger partial charge in [0.1, 0.15) is 17.8 Å². The molecule has 5 aromatic carbocycles. The number of ether oxygens (including phenoxy) is 1. The lowest BCUT2D eigenvalue weighted by atomic mass is 9.81. The van der Waals surface area contributed by atoms with E-state index in [9.17, 15) is 5.11 Å². The zero-order chi connectivity index (χ0) is 25.2. The Morgan fingerprint density at radius 1 is 0.711 bits per heavy atom. The van der Waals surface area contributed by atoms with Crippen LogP contribution in [-0.2, 0) is 0 Å². The van der Waals surface area contributed by atoms with Crippen molar-refractivity contribution in [2.45, 2.75) is 5.92 Å². The normalized spacial score (nSPS) is 14.4. The maximum atomic E-state index is 11.1. The average Bonchev–Trinajstić information content (AvgIpc) is 3.41. The fraction of sp³-hybridized carbons (Fsp3) is 0.0312. The van der Waals surface area contributed by atoms with Crippen LogP contribution in [0.1, 0.15) is 22.6 Å². The van der Waals surface area contributed by atoms with Crippen molar-refractivity contribution in [2.24, 2.45) is 0 Å². The number of benzene rings is 5. The number of fused-ring (bicyclic) bond motifs is 7. The van der Waals surface area contributed by atoms with Gasteiger partial charge in [-0.05, 0) is 33.9 Å². The Labute approximate surface area is 217 Å². The van der Waals surface area contributed by atoms with Gasteiger partial charge < -0.3 is 9.84 Å². The van der Waals surface area contributed by atoms with Crippen molar-refractivity contribution in [1.29, 1.82) is 0 Å². The standard InChI is InChI=1S/C32H20N4O2/c37-29-23-13-7-5-9-20(23)14-16-24(29)30-34-31-28-26(21-10-2-1-3-11-21)27-22-12-6-4-8-19(22)15-17-25(27)38-32(28)33-18-36(31)35-30/h1-18,26,37H. The Morgan fingerprint density at radius 3 is 2.26 bits per heavy atom. The SMILES string of the molecule is Oc1c(-c2nc3c4c(ncn3n2)Oc2ccc3ccccc3c2C4c2ccccc2)ccc2ccccc12. The largest absolute Gasteiger partial charge is 0.507 e. The zero-order valence-corrected chi connectivity index (χ0v) is 20.1. The van der Waals surface area contributed by atoms with E-state index in [0.717, 1.165) is 44.0 Å². The van der Waals surface area contributed by atoms with Crippen LogP contribution in [0.25, 0.3) is 38.6 Å². The van der Waals surface area contributed by atoms with E-state index in [1.54, 1.807) is 10.8 Å². The lowest BCUT2D eigenvalue weighted by molar-refractivity contribution is 0.433. The molecule has 0 bridgehead atoms. The molecule has 1 aliphatic rings. The molecule has 1 aliphatic heterocycles. The van der Waals surface area contributed by atoms with Crippen molar-refractivity contribution in [1.82, 2.24) is 19.6 Å². The first-order valence-corrected chi connectivity index (χ1v) is 12.5. The van der Waals surface area contributed by atoms with E-state index in [4.69, 9.17) is 14.8 Å². The molecule has 3 heterocycles. The molecule has 0 fully saturated rings. The molecule has 0 radical (unpaired) electrons. The van der Waals surface area contributed by atoms with E-state index in [0.29, 0.717) is 22.9 Å². The van der Waals surface area contributed by atoms with Gasteiger partial charge in [-0.1, -0.05) is 91.0 Å². The quantitative estimate of drug-likeness (QED) is 0.279. The molecule has 6 nitrogen and oxygen atoms in total. The van der Waals surface area contributed by atoms with Crippen LogP contribution in [0.3, 0.4) is 0 Å². The van der Waals surface area contributed by atoms with Gasteiger partial charge in [0, 0.05) is 16.9 Å². The summed E-state index contributed by atoms with van der Waals surface area (Å²) in [6.07, 6.45) is 1.62. The first kappa shape index (κ1) is 20.9. The molecule has 6 heteroatoms. The summed E-state index contributed by atoms with van der Waals surface area (Å²) in [6.45, 7) is 0.